The van der Waals surface area contributed by atoms with E-state index in [2.05, 4.69) is 20.0 Å². The number of rotatable bonds is 7. The largest absolute Gasteiger partial charge is 0.468 e. The van der Waals surface area contributed by atoms with Crippen molar-refractivity contribution in [3.63, 3.8) is 0 Å². The van der Waals surface area contributed by atoms with E-state index in [0.717, 1.165) is 24.6 Å². The molecule has 0 fully saturated rings. The molecule has 1 aromatic heterocycles. The topological polar surface area (TPSA) is 98.8 Å². The molecule has 0 bridgehead atoms. The number of pyridine rings is 1. The smallest absolute Gasteiger partial charge is 0.422 e. The fraction of sp³-hybridized carbons (Fsp3) is 0.316. The molecule has 3 N–H and O–H groups in total. The normalized spacial score (nSPS) is 16.1. The Morgan fingerprint density at radius 2 is 2.00 bits per heavy atom. The average molecular weight is 408 g/mol. The number of benzene rings is 1. The summed E-state index contributed by atoms with van der Waals surface area (Å²) in [6, 6.07) is 10.2. The predicted octanol–water partition coefficient (Wildman–Crippen LogP) is 2.92. The number of amides is 1. The first-order valence-electron chi connectivity index (χ1n) is 8.80. The lowest BCUT2D eigenvalue weighted by molar-refractivity contribution is -0.154. The molecule has 1 aliphatic heterocycles. The minimum Gasteiger partial charge on any atom is -0.468 e. The van der Waals surface area contributed by atoms with Crippen LogP contribution in [-0.4, -0.2) is 42.3 Å². The minimum absolute atomic E-state index is 0.0602. The highest BCUT2D eigenvalue weighted by Crippen LogP contribution is 2.18. The lowest BCUT2D eigenvalue weighted by Gasteiger charge is -2.09. The quantitative estimate of drug-likeness (QED) is 0.734. The van der Waals surface area contributed by atoms with Crippen LogP contribution in [0.2, 0.25) is 0 Å². The predicted molar refractivity (Wildman–Crippen MR) is 99.9 cm³/mol. The van der Waals surface area contributed by atoms with Gasteiger partial charge >= 0.3 is 6.18 Å². The fourth-order valence-corrected chi connectivity index (χ4v) is 2.63. The van der Waals surface area contributed by atoms with Crippen LogP contribution in [0.3, 0.4) is 0 Å². The van der Waals surface area contributed by atoms with E-state index in [0.29, 0.717) is 12.3 Å². The first kappa shape index (κ1) is 20.4. The highest BCUT2D eigenvalue weighted by molar-refractivity contribution is 6.04. The lowest BCUT2D eigenvalue weighted by Crippen LogP contribution is -2.19. The van der Waals surface area contributed by atoms with E-state index in [9.17, 15) is 18.0 Å². The molecule has 3 rings (SSSR count). The number of aromatic nitrogens is 1. The standard InChI is InChI=1S/C19H19F3N4O3/c20-19(21,22)11-29-16-8-4-13(9-24-16)17(27)25-14-5-1-12(2-6-14)3-7-15-10-28-18(23)26-15/h1-2,4-6,8-9,15H,3,7,10-11H2,(H2,23,26)(H,25,27). The summed E-state index contributed by atoms with van der Waals surface area (Å²) in [7, 11) is 0. The van der Waals surface area contributed by atoms with Gasteiger partial charge < -0.3 is 20.5 Å². The van der Waals surface area contributed by atoms with Crippen LogP contribution < -0.4 is 15.8 Å². The lowest BCUT2D eigenvalue weighted by atomic mass is 10.1. The molecule has 1 atom stereocenters. The molecule has 2 aromatic rings. The summed E-state index contributed by atoms with van der Waals surface area (Å²) in [6.07, 6.45) is -1.69. The van der Waals surface area contributed by atoms with Crippen LogP contribution in [0.1, 0.15) is 22.3 Å². The Morgan fingerprint density at radius 3 is 2.59 bits per heavy atom. The molecule has 1 amide bonds. The summed E-state index contributed by atoms with van der Waals surface area (Å²) in [6.45, 7) is -0.945. The molecule has 1 unspecified atom stereocenters. The summed E-state index contributed by atoms with van der Waals surface area (Å²) >= 11 is 0. The Bertz CT molecular complexity index is 868. The third-order valence-electron chi connectivity index (χ3n) is 4.09. The van der Waals surface area contributed by atoms with Crippen molar-refractivity contribution >= 4 is 17.6 Å². The Hall–Kier alpha value is -3.30. The SMILES string of the molecule is NC1=NC(CCc2ccc(NC(=O)c3ccc(OCC(F)(F)F)nc3)cc2)CO1. The number of nitrogens with zero attached hydrogens (tertiary/aromatic N) is 2. The monoisotopic (exact) mass is 408 g/mol. The Labute approximate surface area is 164 Å². The number of hydrogen-bond donors (Lipinski definition) is 2. The van der Waals surface area contributed by atoms with Gasteiger partial charge in [0.05, 0.1) is 11.6 Å². The summed E-state index contributed by atoms with van der Waals surface area (Å²) in [5.41, 5.74) is 7.34. The summed E-state index contributed by atoms with van der Waals surface area (Å²) in [5.74, 6) is -0.637. The van der Waals surface area contributed by atoms with Crippen molar-refractivity contribution < 1.29 is 27.4 Å². The number of carbonyl (C=O) groups excluding carboxylic acids is 1. The van der Waals surface area contributed by atoms with E-state index in [1.54, 1.807) is 12.1 Å². The van der Waals surface area contributed by atoms with Gasteiger partial charge in [-0.2, -0.15) is 13.2 Å². The molecule has 0 aliphatic carbocycles. The summed E-state index contributed by atoms with van der Waals surface area (Å²) in [5, 5.41) is 2.71. The zero-order valence-electron chi connectivity index (χ0n) is 15.3. The van der Waals surface area contributed by atoms with Crippen molar-refractivity contribution in [2.75, 3.05) is 18.5 Å². The van der Waals surface area contributed by atoms with Gasteiger partial charge in [0.1, 0.15) is 6.61 Å². The second-order valence-electron chi connectivity index (χ2n) is 6.41. The van der Waals surface area contributed by atoms with Gasteiger partial charge in [-0.1, -0.05) is 12.1 Å². The zero-order chi connectivity index (χ0) is 20.9. The van der Waals surface area contributed by atoms with Gasteiger partial charge in [-0.3, -0.25) is 4.79 Å². The van der Waals surface area contributed by atoms with E-state index in [-0.39, 0.29) is 23.5 Å². The highest BCUT2D eigenvalue weighted by Gasteiger charge is 2.28. The van der Waals surface area contributed by atoms with Gasteiger partial charge in [0.2, 0.25) is 5.88 Å². The van der Waals surface area contributed by atoms with Crippen LogP contribution in [0.15, 0.2) is 47.6 Å². The fourth-order valence-electron chi connectivity index (χ4n) is 2.63. The number of carbonyl (C=O) groups is 1. The van der Waals surface area contributed by atoms with Gasteiger partial charge in [0.15, 0.2) is 6.61 Å². The average Bonchev–Trinajstić information content (AvgIpc) is 3.11. The van der Waals surface area contributed by atoms with Gasteiger partial charge in [0, 0.05) is 18.0 Å². The first-order valence-corrected chi connectivity index (χ1v) is 8.80. The van der Waals surface area contributed by atoms with Crippen molar-refractivity contribution in [1.29, 1.82) is 0 Å². The summed E-state index contributed by atoms with van der Waals surface area (Å²) in [4.78, 5) is 20.1. The molecule has 0 saturated carbocycles. The number of anilines is 1. The molecular formula is C19H19F3N4O3. The molecule has 7 nitrogen and oxygen atoms in total. The third-order valence-corrected chi connectivity index (χ3v) is 4.09. The Morgan fingerprint density at radius 1 is 1.24 bits per heavy atom. The molecule has 154 valence electrons. The Kier molecular flexibility index (Phi) is 6.20. The molecule has 0 saturated heterocycles. The van der Waals surface area contributed by atoms with Crippen LogP contribution in [0, 0.1) is 0 Å². The maximum absolute atomic E-state index is 12.2. The molecule has 0 radical (unpaired) electrons. The van der Waals surface area contributed by atoms with Crippen LogP contribution >= 0.6 is 0 Å². The van der Waals surface area contributed by atoms with Crippen molar-refractivity contribution in [1.82, 2.24) is 4.98 Å². The van der Waals surface area contributed by atoms with Crippen molar-refractivity contribution in [2.24, 2.45) is 10.7 Å². The Balaban J connectivity index is 1.49. The van der Waals surface area contributed by atoms with Crippen molar-refractivity contribution in [3.05, 3.63) is 53.7 Å². The molecule has 0 spiro atoms. The number of nitrogens with one attached hydrogen (secondary N) is 1. The maximum Gasteiger partial charge on any atom is 0.422 e. The van der Waals surface area contributed by atoms with Gasteiger partial charge in [-0.25, -0.2) is 9.98 Å². The minimum atomic E-state index is -4.45. The van der Waals surface area contributed by atoms with E-state index in [1.165, 1.54) is 12.1 Å². The van der Waals surface area contributed by atoms with Gasteiger partial charge in [0.25, 0.3) is 11.9 Å². The number of aryl methyl sites for hydroxylation is 1. The number of hydrogen-bond acceptors (Lipinski definition) is 6. The van der Waals surface area contributed by atoms with E-state index < -0.39 is 18.7 Å². The third kappa shape index (κ3) is 6.37. The number of halogens is 3. The molecular weight excluding hydrogens is 389 g/mol. The van der Waals surface area contributed by atoms with Crippen LogP contribution in [0.5, 0.6) is 5.88 Å². The van der Waals surface area contributed by atoms with E-state index >= 15 is 0 Å². The number of amidine groups is 1. The number of ether oxygens (including phenoxy) is 2. The zero-order valence-corrected chi connectivity index (χ0v) is 15.3. The molecule has 2 heterocycles. The first-order chi connectivity index (χ1) is 13.8. The number of aliphatic imine (C=N–C) groups is 1. The van der Waals surface area contributed by atoms with Crippen LogP contribution in [0.25, 0.3) is 0 Å². The van der Waals surface area contributed by atoms with Gasteiger partial charge in [-0.05, 0) is 36.6 Å². The second-order valence-corrected chi connectivity index (χ2v) is 6.41. The van der Waals surface area contributed by atoms with Crippen LogP contribution in [-0.2, 0) is 11.2 Å². The second kappa shape index (κ2) is 8.80. The number of alkyl halides is 3. The molecule has 10 heteroatoms. The molecule has 29 heavy (non-hydrogen) atoms. The highest BCUT2D eigenvalue weighted by atomic mass is 19.4. The van der Waals surface area contributed by atoms with E-state index in [4.69, 9.17) is 10.5 Å². The summed E-state index contributed by atoms with van der Waals surface area (Å²) < 4.78 is 46.0. The van der Waals surface area contributed by atoms with Crippen molar-refractivity contribution in [2.45, 2.75) is 25.1 Å². The molecule has 1 aliphatic rings. The molecule has 1 aromatic carbocycles. The number of nitrogens with two attached hydrogens (primary N) is 1. The van der Waals surface area contributed by atoms with Gasteiger partial charge in [-0.15, -0.1) is 0 Å². The van der Waals surface area contributed by atoms with Crippen LogP contribution in [0.4, 0.5) is 18.9 Å². The van der Waals surface area contributed by atoms with E-state index in [1.807, 2.05) is 12.1 Å². The van der Waals surface area contributed by atoms with Crippen molar-refractivity contribution in [3.8, 4) is 5.88 Å². The maximum atomic E-state index is 12.2.